The molecule has 1 unspecified atom stereocenters. The lowest BCUT2D eigenvalue weighted by Gasteiger charge is -2.29. The fourth-order valence-electron chi connectivity index (χ4n) is 4.21. The summed E-state index contributed by atoms with van der Waals surface area (Å²) in [7, 11) is -1.23. The number of carbonyl (C=O) groups is 1. The minimum Gasteiger partial charge on any atom is -0.444 e. The smallest absolute Gasteiger partial charge is 0.410 e. The first-order valence-corrected chi connectivity index (χ1v) is 17.0. The number of amides is 1. The molecular weight excluding hydrogens is 538 g/mol. The lowest BCUT2D eigenvalue weighted by molar-refractivity contribution is 0.0204. The third-order valence-corrected chi connectivity index (χ3v) is 8.25. The van der Waals surface area contributed by atoms with Gasteiger partial charge in [-0.15, -0.1) is 0 Å². The highest BCUT2D eigenvalue weighted by molar-refractivity contribution is 9.10. The number of rotatable bonds is 7. The second-order valence-corrected chi connectivity index (χ2v) is 18.0. The Bertz CT molecular complexity index is 1230. The fourth-order valence-corrected chi connectivity index (χ4v) is 5.32. The Hall–Kier alpha value is -2.30. The minimum absolute atomic E-state index is 0.182. The van der Waals surface area contributed by atoms with Crippen LogP contribution in [0.4, 0.5) is 4.79 Å². The van der Waals surface area contributed by atoms with Crippen LogP contribution in [0.2, 0.25) is 25.7 Å². The predicted molar refractivity (Wildman–Crippen MR) is 147 cm³/mol. The monoisotopic (exact) mass is 573 g/mol. The van der Waals surface area contributed by atoms with Gasteiger partial charge < -0.3 is 14.0 Å². The Kier molecular flexibility index (Phi) is 7.87. The number of aromatic nitrogens is 4. The van der Waals surface area contributed by atoms with Crippen LogP contribution in [-0.4, -0.2) is 57.3 Å². The third-order valence-electron chi connectivity index (χ3n) is 6.05. The van der Waals surface area contributed by atoms with Crippen LogP contribution in [0.3, 0.4) is 0 Å². The van der Waals surface area contributed by atoms with E-state index in [0.29, 0.717) is 19.9 Å². The van der Waals surface area contributed by atoms with Gasteiger partial charge in [0, 0.05) is 25.7 Å². The summed E-state index contributed by atoms with van der Waals surface area (Å²) in [4.78, 5) is 29.1. The molecule has 0 radical (unpaired) electrons. The molecule has 1 aromatic carbocycles. The Balaban J connectivity index is 1.68. The van der Waals surface area contributed by atoms with E-state index in [1.54, 1.807) is 11.1 Å². The first kappa shape index (κ1) is 26.8. The summed E-state index contributed by atoms with van der Waals surface area (Å²) >= 11 is 3.49. The second kappa shape index (κ2) is 10.6. The van der Waals surface area contributed by atoms with Crippen molar-refractivity contribution in [1.29, 1.82) is 0 Å². The van der Waals surface area contributed by atoms with E-state index in [2.05, 4.69) is 40.6 Å². The van der Waals surface area contributed by atoms with Gasteiger partial charge in [-0.25, -0.2) is 14.8 Å². The van der Waals surface area contributed by atoms with Crippen LogP contribution in [-0.2, 0) is 16.2 Å². The number of benzene rings is 1. The molecule has 10 heteroatoms. The summed E-state index contributed by atoms with van der Waals surface area (Å²) < 4.78 is 14.9. The molecule has 4 rings (SSSR count). The van der Waals surface area contributed by atoms with Gasteiger partial charge in [-0.3, -0.25) is 9.88 Å². The standard InChI is InChI=1S/C26H36BrN5O3Si/c1-26(2,3)35-25(33)31-11-7-8-22(31)24-29-16-23(32(24)17-34-12-13-36(4,5)6)21-15-28-20-14-18(27)9-10-19(20)30-21/h9-10,14-16,22H,7-8,11-13,17H2,1-6H3. The van der Waals surface area contributed by atoms with E-state index in [9.17, 15) is 4.79 Å². The van der Waals surface area contributed by atoms with Crippen LogP contribution >= 0.6 is 15.9 Å². The molecule has 8 nitrogen and oxygen atoms in total. The average molecular weight is 575 g/mol. The topological polar surface area (TPSA) is 82.4 Å². The van der Waals surface area contributed by atoms with Gasteiger partial charge in [0.2, 0.25) is 0 Å². The first-order valence-electron chi connectivity index (χ1n) is 12.5. The molecule has 3 aromatic rings. The van der Waals surface area contributed by atoms with Crippen molar-refractivity contribution in [3.63, 3.8) is 0 Å². The van der Waals surface area contributed by atoms with Crippen molar-refractivity contribution in [2.45, 2.75) is 77.7 Å². The Morgan fingerprint density at radius 3 is 2.67 bits per heavy atom. The molecule has 1 aliphatic rings. The van der Waals surface area contributed by atoms with Crippen molar-refractivity contribution in [1.82, 2.24) is 24.4 Å². The Morgan fingerprint density at radius 1 is 1.17 bits per heavy atom. The second-order valence-electron chi connectivity index (χ2n) is 11.5. The highest BCUT2D eigenvalue weighted by Gasteiger charge is 2.36. The Morgan fingerprint density at radius 2 is 1.94 bits per heavy atom. The van der Waals surface area contributed by atoms with Gasteiger partial charge in [-0.1, -0.05) is 35.6 Å². The van der Waals surface area contributed by atoms with E-state index in [-0.39, 0.29) is 12.1 Å². The molecule has 2 aromatic heterocycles. The summed E-state index contributed by atoms with van der Waals surface area (Å²) in [6.45, 7) is 14.3. The maximum atomic E-state index is 13.0. The quantitative estimate of drug-likeness (QED) is 0.232. The van der Waals surface area contributed by atoms with Crippen LogP contribution in [0, 0.1) is 0 Å². The maximum absolute atomic E-state index is 13.0. The molecule has 1 fully saturated rings. The van der Waals surface area contributed by atoms with Crippen molar-refractivity contribution >= 4 is 41.1 Å². The van der Waals surface area contributed by atoms with Gasteiger partial charge in [0.05, 0.1) is 35.2 Å². The lowest BCUT2D eigenvalue weighted by Crippen LogP contribution is -2.37. The zero-order valence-corrected chi connectivity index (χ0v) is 24.6. The summed E-state index contributed by atoms with van der Waals surface area (Å²) in [6, 6.07) is 6.75. The van der Waals surface area contributed by atoms with E-state index < -0.39 is 13.7 Å². The fraction of sp³-hybridized carbons (Fsp3) is 0.538. The molecule has 0 aliphatic carbocycles. The number of fused-ring (bicyclic) bond motifs is 1. The van der Waals surface area contributed by atoms with Crippen LogP contribution in [0.25, 0.3) is 22.4 Å². The molecule has 0 spiro atoms. The maximum Gasteiger partial charge on any atom is 0.410 e. The molecule has 3 heterocycles. The molecule has 1 atom stereocenters. The summed E-state index contributed by atoms with van der Waals surface area (Å²) in [5.74, 6) is 0.791. The first-order chi connectivity index (χ1) is 16.9. The van der Waals surface area contributed by atoms with Gasteiger partial charge in [0.1, 0.15) is 23.9 Å². The van der Waals surface area contributed by atoms with Crippen LogP contribution in [0.5, 0.6) is 0 Å². The van der Waals surface area contributed by atoms with E-state index in [1.807, 2.05) is 49.7 Å². The third kappa shape index (κ3) is 6.52. The number of nitrogens with zero attached hydrogens (tertiary/aromatic N) is 5. The zero-order valence-electron chi connectivity index (χ0n) is 22.0. The van der Waals surface area contributed by atoms with E-state index in [4.69, 9.17) is 19.4 Å². The SMILES string of the molecule is CC(C)(C)OC(=O)N1CCCC1c1ncc(-c2cnc3cc(Br)ccc3n2)n1COCC[Si](C)(C)C. The van der Waals surface area contributed by atoms with Crippen LogP contribution in [0.15, 0.2) is 35.1 Å². The molecule has 0 saturated carbocycles. The van der Waals surface area contributed by atoms with Crippen LogP contribution < -0.4 is 0 Å². The van der Waals surface area contributed by atoms with Crippen LogP contribution in [0.1, 0.15) is 45.5 Å². The van der Waals surface area contributed by atoms with Crippen molar-refractivity contribution < 1.29 is 14.3 Å². The van der Waals surface area contributed by atoms with E-state index >= 15 is 0 Å². The molecule has 0 bridgehead atoms. The van der Waals surface area contributed by atoms with Crippen molar-refractivity contribution in [3.05, 3.63) is 40.9 Å². The molecule has 36 heavy (non-hydrogen) atoms. The molecule has 0 N–H and O–H groups in total. The van der Waals surface area contributed by atoms with Gasteiger partial charge >= 0.3 is 6.09 Å². The van der Waals surface area contributed by atoms with Gasteiger partial charge in [-0.05, 0) is 57.9 Å². The van der Waals surface area contributed by atoms with E-state index in [0.717, 1.165) is 51.6 Å². The number of hydrogen-bond donors (Lipinski definition) is 0. The predicted octanol–water partition coefficient (Wildman–Crippen LogP) is 6.64. The molecular formula is C26H36BrN5O3Si. The average Bonchev–Trinajstić information content (AvgIpc) is 3.41. The van der Waals surface area contributed by atoms with Gasteiger partial charge in [0.15, 0.2) is 0 Å². The normalized spacial score (nSPS) is 16.6. The highest BCUT2D eigenvalue weighted by Crippen LogP contribution is 2.35. The van der Waals surface area contributed by atoms with Crippen molar-refractivity contribution in [3.8, 4) is 11.4 Å². The van der Waals surface area contributed by atoms with Gasteiger partial charge in [-0.2, -0.15) is 0 Å². The number of ether oxygens (including phenoxy) is 2. The number of halogens is 1. The molecule has 1 aliphatic heterocycles. The number of hydrogen-bond acceptors (Lipinski definition) is 6. The number of likely N-dealkylation sites (tertiary alicyclic amines) is 1. The Labute approximate surface area is 222 Å². The van der Waals surface area contributed by atoms with Gasteiger partial charge in [0.25, 0.3) is 0 Å². The lowest BCUT2D eigenvalue weighted by atomic mass is 10.2. The highest BCUT2D eigenvalue weighted by atomic mass is 79.9. The zero-order chi connectivity index (χ0) is 26.1. The summed E-state index contributed by atoms with van der Waals surface area (Å²) in [5, 5.41) is 0. The molecule has 194 valence electrons. The summed E-state index contributed by atoms with van der Waals surface area (Å²) in [5.41, 5.74) is 2.62. The number of imidazole rings is 1. The largest absolute Gasteiger partial charge is 0.444 e. The van der Waals surface area contributed by atoms with Crippen molar-refractivity contribution in [2.75, 3.05) is 13.2 Å². The molecule has 1 amide bonds. The number of carbonyl (C=O) groups excluding carboxylic acids is 1. The molecule has 1 saturated heterocycles. The summed E-state index contributed by atoms with van der Waals surface area (Å²) in [6.07, 6.45) is 5.00. The minimum atomic E-state index is -1.23. The van der Waals surface area contributed by atoms with E-state index in [1.165, 1.54) is 0 Å². The van der Waals surface area contributed by atoms with Crippen molar-refractivity contribution in [2.24, 2.45) is 0 Å².